The van der Waals surface area contributed by atoms with Crippen molar-refractivity contribution in [1.29, 1.82) is 0 Å². The lowest BCUT2D eigenvalue weighted by molar-refractivity contribution is -0.0190. The highest BCUT2D eigenvalue weighted by Gasteiger charge is 2.40. The molecule has 4 aromatic rings. The third-order valence-electron chi connectivity index (χ3n) is 6.54. The van der Waals surface area contributed by atoms with Crippen molar-refractivity contribution >= 4 is 11.7 Å². The molecule has 0 aromatic heterocycles. The van der Waals surface area contributed by atoms with Crippen LogP contribution >= 0.6 is 0 Å². The van der Waals surface area contributed by atoms with Gasteiger partial charge in [-0.05, 0) is 55.0 Å². The number of carbonyl (C=O) groups excluding carboxylic acids is 1. The SMILES string of the molecule is Cc1ccc(OC(=O)c2ccc(C3Oc4ccccc4C4CC(c5ccc(F)cc5)=NN43)cc2)cc1. The van der Waals surface area contributed by atoms with Crippen LogP contribution in [-0.4, -0.2) is 16.7 Å². The Morgan fingerprint density at radius 1 is 0.944 bits per heavy atom. The molecule has 0 radical (unpaired) electrons. The van der Waals surface area contributed by atoms with Crippen molar-refractivity contribution in [1.82, 2.24) is 5.01 Å². The molecular weight excluding hydrogens is 455 g/mol. The summed E-state index contributed by atoms with van der Waals surface area (Å²) in [7, 11) is 0. The van der Waals surface area contributed by atoms with Crippen LogP contribution in [0.15, 0.2) is 102 Å². The van der Waals surface area contributed by atoms with Gasteiger partial charge in [-0.25, -0.2) is 14.2 Å². The number of halogens is 1. The molecule has 0 spiro atoms. The van der Waals surface area contributed by atoms with E-state index < -0.39 is 12.2 Å². The summed E-state index contributed by atoms with van der Waals surface area (Å²) in [6.45, 7) is 1.98. The van der Waals surface area contributed by atoms with Crippen LogP contribution in [0.4, 0.5) is 4.39 Å². The van der Waals surface area contributed by atoms with Gasteiger partial charge in [0.2, 0.25) is 6.23 Å². The number of rotatable bonds is 4. The minimum absolute atomic E-state index is 0.00816. The number of benzene rings is 4. The normalized spacial score (nSPS) is 18.1. The summed E-state index contributed by atoms with van der Waals surface area (Å²) < 4.78 is 25.4. The van der Waals surface area contributed by atoms with E-state index in [1.54, 1.807) is 36.4 Å². The maximum Gasteiger partial charge on any atom is 0.343 e. The molecule has 0 N–H and O–H groups in total. The average molecular weight is 479 g/mol. The van der Waals surface area contributed by atoms with Crippen LogP contribution in [0.25, 0.3) is 0 Å². The third kappa shape index (κ3) is 4.11. The second-order valence-electron chi connectivity index (χ2n) is 8.99. The Bertz CT molecular complexity index is 1450. The van der Waals surface area contributed by atoms with E-state index in [9.17, 15) is 9.18 Å². The van der Waals surface area contributed by atoms with Gasteiger partial charge >= 0.3 is 5.97 Å². The second kappa shape index (κ2) is 8.96. The summed E-state index contributed by atoms with van der Waals surface area (Å²) in [6, 6.07) is 28.9. The van der Waals surface area contributed by atoms with Crippen molar-refractivity contribution in [3.8, 4) is 11.5 Å². The molecule has 5 nitrogen and oxygen atoms in total. The van der Waals surface area contributed by atoms with Crippen molar-refractivity contribution in [2.75, 3.05) is 0 Å². The number of ether oxygens (including phenoxy) is 2. The first-order valence-corrected chi connectivity index (χ1v) is 11.8. The van der Waals surface area contributed by atoms with Crippen molar-refractivity contribution in [2.45, 2.75) is 25.6 Å². The zero-order chi connectivity index (χ0) is 24.6. The Hall–Kier alpha value is -4.45. The molecule has 2 heterocycles. The van der Waals surface area contributed by atoms with Crippen molar-refractivity contribution in [3.63, 3.8) is 0 Å². The first-order valence-electron chi connectivity index (χ1n) is 11.8. The molecule has 2 aliphatic heterocycles. The lowest BCUT2D eigenvalue weighted by Gasteiger charge is -2.38. The number of nitrogens with zero attached hydrogens (tertiary/aromatic N) is 2. The van der Waals surface area contributed by atoms with E-state index in [4.69, 9.17) is 14.6 Å². The highest BCUT2D eigenvalue weighted by Crippen LogP contribution is 2.47. The van der Waals surface area contributed by atoms with Gasteiger partial charge < -0.3 is 9.47 Å². The van der Waals surface area contributed by atoms with E-state index in [1.165, 1.54) is 12.1 Å². The van der Waals surface area contributed by atoms with Crippen LogP contribution in [0.3, 0.4) is 0 Å². The molecule has 0 saturated heterocycles. The topological polar surface area (TPSA) is 51.1 Å². The first-order chi connectivity index (χ1) is 17.5. The summed E-state index contributed by atoms with van der Waals surface area (Å²) in [4.78, 5) is 12.6. The van der Waals surface area contributed by atoms with Gasteiger partial charge in [-0.3, -0.25) is 0 Å². The fourth-order valence-electron chi connectivity index (χ4n) is 4.63. The minimum atomic E-state index is -0.468. The van der Waals surface area contributed by atoms with Gasteiger partial charge in [0.15, 0.2) is 0 Å². The molecule has 2 unspecified atom stereocenters. The minimum Gasteiger partial charge on any atom is -0.464 e. The van der Waals surface area contributed by atoms with E-state index in [2.05, 4.69) is 6.07 Å². The highest BCUT2D eigenvalue weighted by molar-refractivity contribution is 6.02. The van der Waals surface area contributed by atoms with Crippen molar-refractivity contribution in [2.24, 2.45) is 5.10 Å². The predicted octanol–water partition coefficient (Wildman–Crippen LogP) is 6.60. The van der Waals surface area contributed by atoms with Crippen LogP contribution in [0.5, 0.6) is 11.5 Å². The zero-order valence-electron chi connectivity index (χ0n) is 19.6. The van der Waals surface area contributed by atoms with Crippen LogP contribution in [0, 0.1) is 12.7 Å². The molecule has 178 valence electrons. The first kappa shape index (κ1) is 22.0. The summed E-state index contributed by atoms with van der Waals surface area (Å²) in [6.07, 6.45) is 0.216. The lowest BCUT2D eigenvalue weighted by atomic mass is 9.96. The Labute approximate surface area is 208 Å². The van der Waals surface area contributed by atoms with Gasteiger partial charge in [0.1, 0.15) is 17.3 Å². The van der Waals surface area contributed by atoms with E-state index in [-0.39, 0.29) is 11.9 Å². The van der Waals surface area contributed by atoms with Crippen molar-refractivity contribution < 1.29 is 18.7 Å². The molecule has 2 atom stereocenters. The zero-order valence-corrected chi connectivity index (χ0v) is 19.6. The van der Waals surface area contributed by atoms with E-state index in [1.807, 2.05) is 54.4 Å². The second-order valence-corrected chi connectivity index (χ2v) is 8.99. The number of hydrogen-bond acceptors (Lipinski definition) is 5. The summed E-state index contributed by atoms with van der Waals surface area (Å²) in [5.41, 5.74) is 5.24. The molecular formula is C30H23FN2O3. The summed E-state index contributed by atoms with van der Waals surface area (Å²) >= 11 is 0. The molecule has 0 bridgehead atoms. The fraction of sp³-hybridized carbons (Fsp3) is 0.133. The number of aryl methyl sites for hydroxylation is 1. The Balaban J connectivity index is 1.29. The fourth-order valence-corrected chi connectivity index (χ4v) is 4.63. The van der Waals surface area contributed by atoms with Gasteiger partial charge in [0.25, 0.3) is 0 Å². The maximum atomic E-state index is 13.5. The number of fused-ring (bicyclic) bond motifs is 3. The van der Waals surface area contributed by atoms with Gasteiger partial charge in [0, 0.05) is 17.5 Å². The number of esters is 1. The van der Waals surface area contributed by atoms with Gasteiger partial charge in [-0.15, -0.1) is 0 Å². The van der Waals surface area contributed by atoms with Gasteiger partial charge in [-0.2, -0.15) is 5.10 Å². The molecule has 0 fully saturated rings. The van der Waals surface area contributed by atoms with E-state index in [0.717, 1.165) is 33.7 Å². The van der Waals surface area contributed by atoms with Gasteiger partial charge in [0.05, 0.1) is 17.3 Å². The summed E-state index contributed by atoms with van der Waals surface area (Å²) in [5, 5.41) is 6.86. The smallest absolute Gasteiger partial charge is 0.343 e. The number of para-hydroxylation sites is 1. The molecule has 6 heteroatoms. The number of carbonyl (C=O) groups is 1. The molecule has 0 saturated carbocycles. The van der Waals surface area contributed by atoms with Crippen LogP contribution < -0.4 is 9.47 Å². The summed E-state index contributed by atoms with van der Waals surface area (Å²) in [5.74, 6) is 0.616. The predicted molar refractivity (Wildman–Crippen MR) is 135 cm³/mol. The largest absolute Gasteiger partial charge is 0.464 e. The van der Waals surface area contributed by atoms with Crippen LogP contribution in [0.1, 0.15) is 51.3 Å². The molecule has 4 aromatic carbocycles. The average Bonchev–Trinajstić information content (AvgIpc) is 3.36. The molecule has 36 heavy (non-hydrogen) atoms. The Kier molecular flexibility index (Phi) is 5.49. The molecule has 6 rings (SSSR count). The van der Waals surface area contributed by atoms with E-state index >= 15 is 0 Å². The van der Waals surface area contributed by atoms with Crippen molar-refractivity contribution in [3.05, 3.63) is 131 Å². The molecule has 0 amide bonds. The highest BCUT2D eigenvalue weighted by atomic mass is 19.1. The number of hydrogen-bond donors (Lipinski definition) is 0. The van der Waals surface area contributed by atoms with Crippen LogP contribution in [0.2, 0.25) is 0 Å². The third-order valence-corrected chi connectivity index (χ3v) is 6.54. The standard InChI is InChI=1S/C30H23FN2O3/c1-19-6-16-24(17-7-19)35-30(34)22-10-8-21(9-11-22)29-33-27(25-4-2-3-5-28(25)36-29)18-26(32-33)20-12-14-23(31)15-13-20/h2-17,27,29H,18H2,1H3. The molecule has 2 aliphatic rings. The van der Waals surface area contributed by atoms with Gasteiger partial charge in [-0.1, -0.05) is 60.2 Å². The molecule has 0 aliphatic carbocycles. The Morgan fingerprint density at radius 3 is 2.42 bits per heavy atom. The maximum absolute atomic E-state index is 13.5. The number of hydrazone groups is 1. The van der Waals surface area contributed by atoms with E-state index in [0.29, 0.717) is 17.7 Å². The van der Waals surface area contributed by atoms with Crippen LogP contribution in [-0.2, 0) is 0 Å². The lowest BCUT2D eigenvalue weighted by Crippen LogP contribution is -2.33. The quantitative estimate of drug-likeness (QED) is 0.245. The monoisotopic (exact) mass is 478 g/mol. The Morgan fingerprint density at radius 2 is 1.67 bits per heavy atom.